The van der Waals surface area contributed by atoms with Gasteiger partial charge in [0.15, 0.2) is 0 Å². The highest BCUT2D eigenvalue weighted by molar-refractivity contribution is 7.10. The fraction of sp³-hybridized carbons (Fsp3) is 0.333. The molecule has 0 aliphatic carbocycles. The van der Waals surface area contributed by atoms with Gasteiger partial charge in [0.25, 0.3) is 0 Å². The van der Waals surface area contributed by atoms with Crippen LogP contribution in [-0.2, 0) is 0 Å². The summed E-state index contributed by atoms with van der Waals surface area (Å²) in [6.45, 7) is 5.71. The van der Waals surface area contributed by atoms with E-state index >= 15 is 0 Å². The maximum absolute atomic E-state index is 10.3. The normalized spacial score (nSPS) is 13.1. The van der Waals surface area contributed by atoms with Crippen molar-refractivity contribution in [2.45, 2.75) is 26.9 Å². The van der Waals surface area contributed by atoms with E-state index in [1.165, 1.54) is 11.3 Å². The second-order valence-corrected chi connectivity index (χ2v) is 5.14. The molecule has 0 bridgehead atoms. The number of halogens is 1. The molecule has 0 amide bonds. The molecule has 1 atom stereocenters. The molecule has 2 aromatic heterocycles. The molecule has 0 saturated heterocycles. The van der Waals surface area contributed by atoms with E-state index in [2.05, 4.69) is 0 Å². The van der Waals surface area contributed by atoms with Crippen molar-refractivity contribution in [1.82, 2.24) is 0 Å². The van der Waals surface area contributed by atoms with Crippen LogP contribution >= 0.6 is 22.9 Å². The van der Waals surface area contributed by atoms with Crippen molar-refractivity contribution in [3.63, 3.8) is 0 Å². The van der Waals surface area contributed by atoms with E-state index in [0.717, 1.165) is 27.5 Å². The first-order chi connectivity index (χ1) is 7.52. The van der Waals surface area contributed by atoms with Crippen molar-refractivity contribution < 1.29 is 9.52 Å². The van der Waals surface area contributed by atoms with Crippen molar-refractivity contribution in [3.8, 4) is 0 Å². The van der Waals surface area contributed by atoms with Gasteiger partial charge in [-0.05, 0) is 37.8 Å². The van der Waals surface area contributed by atoms with Gasteiger partial charge in [-0.3, -0.25) is 0 Å². The Morgan fingerprint density at radius 2 is 2.00 bits per heavy atom. The first kappa shape index (κ1) is 11.7. The van der Waals surface area contributed by atoms with Crippen LogP contribution in [0.15, 0.2) is 15.9 Å². The fourth-order valence-electron chi connectivity index (χ4n) is 1.84. The highest BCUT2D eigenvalue weighted by Gasteiger charge is 2.23. The summed E-state index contributed by atoms with van der Waals surface area (Å²) < 4.78 is 5.51. The molecule has 16 heavy (non-hydrogen) atoms. The lowest BCUT2D eigenvalue weighted by atomic mass is 10.0. The Kier molecular flexibility index (Phi) is 3.10. The maximum Gasteiger partial charge on any atom is 0.118 e. The molecule has 2 heterocycles. The second kappa shape index (κ2) is 4.24. The van der Waals surface area contributed by atoms with E-state index in [9.17, 15) is 5.11 Å². The highest BCUT2D eigenvalue weighted by Crippen LogP contribution is 2.37. The van der Waals surface area contributed by atoms with E-state index in [4.69, 9.17) is 16.0 Å². The molecule has 86 valence electrons. The van der Waals surface area contributed by atoms with Gasteiger partial charge in [-0.15, -0.1) is 11.3 Å². The average Bonchev–Trinajstić information content (AvgIpc) is 2.73. The summed E-state index contributed by atoms with van der Waals surface area (Å²) in [5.41, 5.74) is 1.83. The van der Waals surface area contributed by atoms with Gasteiger partial charge in [-0.1, -0.05) is 11.6 Å². The van der Waals surface area contributed by atoms with Crippen molar-refractivity contribution >= 4 is 22.9 Å². The van der Waals surface area contributed by atoms with E-state index in [1.807, 2.05) is 26.2 Å². The van der Waals surface area contributed by atoms with Crippen molar-refractivity contribution in [2.75, 3.05) is 0 Å². The Labute approximate surface area is 103 Å². The lowest BCUT2D eigenvalue weighted by molar-refractivity contribution is 0.221. The van der Waals surface area contributed by atoms with Crippen molar-refractivity contribution in [3.05, 3.63) is 44.0 Å². The Morgan fingerprint density at radius 3 is 2.44 bits per heavy atom. The minimum atomic E-state index is -0.690. The fourth-order valence-corrected chi connectivity index (χ4v) is 3.00. The van der Waals surface area contributed by atoms with Crippen LogP contribution in [0.2, 0.25) is 5.02 Å². The monoisotopic (exact) mass is 256 g/mol. The molecule has 2 aromatic rings. The summed E-state index contributed by atoms with van der Waals surface area (Å²) in [5.74, 6) is 1.60. The Hall–Kier alpha value is -0.770. The minimum Gasteiger partial charge on any atom is -0.466 e. The van der Waals surface area contributed by atoms with Gasteiger partial charge in [-0.25, -0.2) is 0 Å². The molecule has 0 aliphatic heterocycles. The lowest BCUT2D eigenvalue weighted by Crippen LogP contribution is -2.00. The van der Waals surface area contributed by atoms with Crippen LogP contribution < -0.4 is 0 Å². The molecule has 0 aromatic carbocycles. The average molecular weight is 257 g/mol. The molecule has 1 N–H and O–H groups in total. The Balaban J connectivity index is 2.49. The topological polar surface area (TPSA) is 33.4 Å². The predicted octanol–water partition coefficient (Wildman–Crippen LogP) is 4.00. The summed E-state index contributed by atoms with van der Waals surface area (Å²) >= 11 is 7.47. The molecule has 0 saturated carbocycles. The molecular weight excluding hydrogens is 244 g/mol. The van der Waals surface area contributed by atoms with Gasteiger partial charge < -0.3 is 9.52 Å². The van der Waals surface area contributed by atoms with E-state index in [1.54, 1.807) is 6.07 Å². The second-order valence-electron chi connectivity index (χ2n) is 3.79. The third-order valence-electron chi connectivity index (χ3n) is 2.78. The van der Waals surface area contributed by atoms with Gasteiger partial charge in [0, 0.05) is 5.56 Å². The van der Waals surface area contributed by atoms with E-state index in [-0.39, 0.29) is 0 Å². The summed E-state index contributed by atoms with van der Waals surface area (Å²) in [6, 6.07) is 1.79. The van der Waals surface area contributed by atoms with Gasteiger partial charge in [0.1, 0.15) is 17.6 Å². The highest BCUT2D eigenvalue weighted by atomic mass is 35.5. The molecular formula is C12H13ClO2S. The van der Waals surface area contributed by atoms with Crippen LogP contribution in [0.4, 0.5) is 0 Å². The zero-order valence-corrected chi connectivity index (χ0v) is 10.9. The number of thiophene rings is 1. The summed E-state index contributed by atoms with van der Waals surface area (Å²) in [5, 5.41) is 12.8. The van der Waals surface area contributed by atoms with Crippen LogP contribution in [0, 0.1) is 20.8 Å². The number of aliphatic hydroxyl groups is 1. The van der Waals surface area contributed by atoms with Crippen LogP contribution in [0.3, 0.4) is 0 Å². The smallest absolute Gasteiger partial charge is 0.118 e. The summed E-state index contributed by atoms with van der Waals surface area (Å²) in [4.78, 5) is 0.772. The van der Waals surface area contributed by atoms with Crippen LogP contribution in [0.25, 0.3) is 0 Å². The SMILES string of the molecule is Cc1oc(C)c(C(O)c2sccc2Cl)c1C. The number of aliphatic hydroxyl groups excluding tert-OH is 1. The zero-order chi connectivity index (χ0) is 11.9. The van der Waals surface area contributed by atoms with Crippen LogP contribution in [0.1, 0.15) is 33.6 Å². The van der Waals surface area contributed by atoms with Gasteiger partial charge in [0.05, 0.1) is 9.90 Å². The third-order valence-corrected chi connectivity index (χ3v) is 4.20. The largest absolute Gasteiger partial charge is 0.466 e. The van der Waals surface area contributed by atoms with E-state index < -0.39 is 6.10 Å². The molecule has 0 fully saturated rings. The van der Waals surface area contributed by atoms with E-state index in [0.29, 0.717) is 5.02 Å². The molecule has 0 spiro atoms. The first-order valence-electron chi connectivity index (χ1n) is 4.99. The number of aryl methyl sites for hydroxylation is 2. The Bertz CT molecular complexity index is 513. The molecule has 2 nitrogen and oxygen atoms in total. The first-order valence-corrected chi connectivity index (χ1v) is 6.25. The van der Waals surface area contributed by atoms with Crippen LogP contribution in [-0.4, -0.2) is 5.11 Å². The zero-order valence-electron chi connectivity index (χ0n) is 9.37. The standard InChI is InChI=1S/C12H13ClO2S/c1-6-7(2)15-8(3)10(6)11(14)12-9(13)4-5-16-12/h4-5,11,14H,1-3H3. The minimum absolute atomic E-state index is 0.607. The number of hydrogen-bond acceptors (Lipinski definition) is 3. The number of furan rings is 1. The lowest BCUT2D eigenvalue weighted by Gasteiger charge is -2.09. The van der Waals surface area contributed by atoms with Crippen LogP contribution in [0.5, 0.6) is 0 Å². The summed E-state index contributed by atoms with van der Waals surface area (Å²) in [7, 11) is 0. The molecule has 4 heteroatoms. The summed E-state index contributed by atoms with van der Waals surface area (Å²) in [6.07, 6.45) is -0.690. The number of rotatable bonds is 2. The predicted molar refractivity (Wildman–Crippen MR) is 66.3 cm³/mol. The number of hydrogen-bond donors (Lipinski definition) is 1. The quantitative estimate of drug-likeness (QED) is 0.881. The molecule has 1 unspecified atom stereocenters. The maximum atomic E-state index is 10.3. The third kappa shape index (κ3) is 1.79. The van der Waals surface area contributed by atoms with Crippen molar-refractivity contribution in [1.29, 1.82) is 0 Å². The molecule has 2 rings (SSSR count). The molecule has 0 aliphatic rings. The Morgan fingerprint density at radius 1 is 1.31 bits per heavy atom. The van der Waals surface area contributed by atoms with Gasteiger partial charge in [0.2, 0.25) is 0 Å². The molecule has 0 radical (unpaired) electrons. The van der Waals surface area contributed by atoms with Gasteiger partial charge in [-0.2, -0.15) is 0 Å². The van der Waals surface area contributed by atoms with Crippen molar-refractivity contribution in [2.24, 2.45) is 0 Å². The van der Waals surface area contributed by atoms with Gasteiger partial charge >= 0.3 is 0 Å².